The summed E-state index contributed by atoms with van der Waals surface area (Å²) in [4.78, 5) is 23.1. The predicted molar refractivity (Wildman–Crippen MR) is 102 cm³/mol. The van der Waals surface area contributed by atoms with Crippen LogP contribution in [0.2, 0.25) is 0 Å². The van der Waals surface area contributed by atoms with Gasteiger partial charge >= 0.3 is 11.9 Å². The smallest absolute Gasteiger partial charge is 0.306 e. The third-order valence-corrected chi connectivity index (χ3v) is 4.36. The highest BCUT2D eigenvalue weighted by Crippen LogP contribution is 2.16. The van der Waals surface area contributed by atoms with Gasteiger partial charge < -0.3 is 9.47 Å². The number of unbranched alkanes of at least 4 members (excludes halogenated alkanes) is 7. The minimum Gasteiger partial charge on any atom is -0.466 e. The van der Waals surface area contributed by atoms with Crippen LogP contribution in [0, 0.1) is 5.92 Å². The van der Waals surface area contributed by atoms with Crippen molar-refractivity contribution in [3.63, 3.8) is 0 Å². The molecule has 0 N–H and O–H groups in total. The van der Waals surface area contributed by atoms with Crippen LogP contribution in [0.25, 0.3) is 0 Å². The Morgan fingerprint density at radius 1 is 0.720 bits per heavy atom. The van der Waals surface area contributed by atoms with Crippen molar-refractivity contribution < 1.29 is 19.1 Å². The molecule has 1 unspecified atom stereocenters. The molecule has 0 radical (unpaired) electrons. The number of hydrogen-bond donors (Lipinski definition) is 0. The van der Waals surface area contributed by atoms with Gasteiger partial charge in [0.25, 0.3) is 0 Å². The Labute approximate surface area is 155 Å². The zero-order valence-corrected chi connectivity index (χ0v) is 16.8. The van der Waals surface area contributed by atoms with E-state index >= 15 is 0 Å². The van der Waals surface area contributed by atoms with Gasteiger partial charge in [0, 0.05) is 12.8 Å². The summed E-state index contributed by atoms with van der Waals surface area (Å²) in [7, 11) is 0. The van der Waals surface area contributed by atoms with Gasteiger partial charge in [-0.2, -0.15) is 0 Å². The lowest BCUT2D eigenvalue weighted by Gasteiger charge is -2.11. The summed E-state index contributed by atoms with van der Waals surface area (Å²) < 4.78 is 10.3. The molecule has 0 saturated carbocycles. The Hall–Kier alpha value is -1.06. The van der Waals surface area contributed by atoms with E-state index in [1.807, 2.05) is 0 Å². The zero-order chi connectivity index (χ0) is 18.8. The normalized spacial score (nSPS) is 12.0. The molecule has 0 heterocycles. The van der Waals surface area contributed by atoms with Crippen LogP contribution in [0.3, 0.4) is 0 Å². The molecule has 0 aliphatic carbocycles. The highest BCUT2D eigenvalue weighted by molar-refractivity contribution is 5.69. The van der Waals surface area contributed by atoms with Gasteiger partial charge in [-0.3, -0.25) is 9.59 Å². The lowest BCUT2D eigenvalue weighted by atomic mass is 9.99. The monoisotopic (exact) mass is 356 g/mol. The number of carbonyl (C=O) groups is 2. The molecule has 0 amide bonds. The van der Waals surface area contributed by atoms with Crippen molar-refractivity contribution in [1.29, 1.82) is 0 Å². The molecule has 0 aliphatic rings. The fourth-order valence-corrected chi connectivity index (χ4v) is 2.65. The summed E-state index contributed by atoms with van der Waals surface area (Å²) in [6.07, 6.45) is 13.0. The van der Waals surface area contributed by atoms with Crippen molar-refractivity contribution in [3.05, 3.63) is 0 Å². The van der Waals surface area contributed by atoms with Crippen LogP contribution < -0.4 is 0 Å². The zero-order valence-electron chi connectivity index (χ0n) is 16.8. The molecule has 0 aromatic rings. The van der Waals surface area contributed by atoms with Gasteiger partial charge in [-0.05, 0) is 25.2 Å². The van der Waals surface area contributed by atoms with Gasteiger partial charge in [0.1, 0.15) is 0 Å². The van der Waals surface area contributed by atoms with E-state index in [9.17, 15) is 9.59 Å². The molecule has 25 heavy (non-hydrogen) atoms. The lowest BCUT2D eigenvalue weighted by Crippen LogP contribution is -2.10. The van der Waals surface area contributed by atoms with Crippen LogP contribution >= 0.6 is 0 Å². The van der Waals surface area contributed by atoms with E-state index in [-0.39, 0.29) is 11.9 Å². The quantitative estimate of drug-likeness (QED) is 0.243. The highest BCUT2D eigenvalue weighted by atomic mass is 16.5. The Morgan fingerprint density at radius 3 is 1.84 bits per heavy atom. The van der Waals surface area contributed by atoms with E-state index in [0.29, 0.717) is 32.0 Å². The van der Waals surface area contributed by atoms with Crippen molar-refractivity contribution >= 4 is 11.9 Å². The molecule has 0 bridgehead atoms. The van der Waals surface area contributed by atoms with Crippen molar-refractivity contribution in [3.8, 4) is 0 Å². The summed E-state index contributed by atoms with van der Waals surface area (Å²) in [6, 6.07) is 0. The van der Waals surface area contributed by atoms with Crippen molar-refractivity contribution in [2.75, 3.05) is 13.2 Å². The Bertz CT molecular complexity index is 328. The Balaban J connectivity index is 3.37. The number of esters is 2. The molecule has 0 aromatic carbocycles. The molecule has 4 nitrogen and oxygen atoms in total. The van der Waals surface area contributed by atoms with E-state index in [1.54, 1.807) is 0 Å². The van der Waals surface area contributed by atoms with Crippen molar-refractivity contribution in [1.82, 2.24) is 0 Å². The lowest BCUT2D eigenvalue weighted by molar-refractivity contribution is -0.145. The first kappa shape index (κ1) is 23.9. The second-order valence-electron chi connectivity index (χ2n) is 7.12. The van der Waals surface area contributed by atoms with Crippen molar-refractivity contribution in [2.24, 2.45) is 5.92 Å². The summed E-state index contributed by atoms with van der Waals surface area (Å²) >= 11 is 0. The maximum atomic E-state index is 11.6. The molecular weight excluding hydrogens is 316 g/mol. The van der Waals surface area contributed by atoms with Crippen molar-refractivity contribution in [2.45, 2.75) is 104 Å². The van der Waals surface area contributed by atoms with Crippen LogP contribution in [0.5, 0.6) is 0 Å². The van der Waals surface area contributed by atoms with Gasteiger partial charge in [-0.25, -0.2) is 0 Å². The van der Waals surface area contributed by atoms with E-state index < -0.39 is 0 Å². The minimum atomic E-state index is -0.0493. The number of rotatable bonds is 17. The molecule has 4 heteroatoms. The van der Waals surface area contributed by atoms with Gasteiger partial charge in [-0.15, -0.1) is 0 Å². The maximum Gasteiger partial charge on any atom is 0.306 e. The fourth-order valence-electron chi connectivity index (χ4n) is 2.65. The summed E-state index contributed by atoms with van der Waals surface area (Å²) in [5, 5.41) is 0. The number of hydrogen-bond acceptors (Lipinski definition) is 4. The molecule has 0 saturated heterocycles. The van der Waals surface area contributed by atoms with Gasteiger partial charge in [0.15, 0.2) is 0 Å². The molecule has 1 atom stereocenters. The average molecular weight is 357 g/mol. The first-order chi connectivity index (χ1) is 12.1. The van der Waals surface area contributed by atoms with Gasteiger partial charge in [0.2, 0.25) is 0 Å². The van der Waals surface area contributed by atoms with E-state index in [2.05, 4.69) is 20.8 Å². The fraction of sp³-hybridized carbons (Fsp3) is 0.905. The van der Waals surface area contributed by atoms with E-state index in [1.165, 1.54) is 25.7 Å². The summed E-state index contributed by atoms with van der Waals surface area (Å²) in [5.74, 6) is 0.312. The Kier molecular flexibility index (Phi) is 17.0. The van der Waals surface area contributed by atoms with E-state index in [0.717, 1.165) is 44.9 Å². The molecular formula is C21H40O4. The maximum absolute atomic E-state index is 11.6. The molecule has 0 aliphatic heterocycles. The SMILES string of the molecule is CCCCOC(=O)CCCCCCCCC(C)CC(=O)OCCCC. The van der Waals surface area contributed by atoms with Gasteiger partial charge in [0.05, 0.1) is 13.2 Å². The average Bonchev–Trinajstić information content (AvgIpc) is 2.57. The topological polar surface area (TPSA) is 52.6 Å². The van der Waals surface area contributed by atoms with Crippen LogP contribution in [-0.4, -0.2) is 25.2 Å². The Morgan fingerprint density at radius 2 is 1.24 bits per heavy atom. The standard InChI is InChI=1S/C21H40O4/c1-4-6-16-24-20(22)15-13-11-9-8-10-12-14-19(3)18-21(23)25-17-7-5-2/h19H,4-18H2,1-3H3. The summed E-state index contributed by atoms with van der Waals surface area (Å²) in [6.45, 7) is 7.45. The number of ether oxygens (including phenoxy) is 2. The predicted octanol–water partition coefficient (Wildman–Crippen LogP) is 5.82. The first-order valence-electron chi connectivity index (χ1n) is 10.4. The molecule has 148 valence electrons. The molecule has 0 aromatic heterocycles. The van der Waals surface area contributed by atoms with Crippen LogP contribution in [0.4, 0.5) is 0 Å². The van der Waals surface area contributed by atoms with Crippen LogP contribution in [0.1, 0.15) is 104 Å². The van der Waals surface area contributed by atoms with Crippen LogP contribution in [-0.2, 0) is 19.1 Å². The molecule has 0 spiro atoms. The second kappa shape index (κ2) is 17.8. The third-order valence-electron chi connectivity index (χ3n) is 4.36. The number of carbonyl (C=O) groups excluding carboxylic acids is 2. The minimum absolute atomic E-state index is 0.0481. The third kappa shape index (κ3) is 17.6. The molecule has 0 rings (SSSR count). The summed E-state index contributed by atoms with van der Waals surface area (Å²) in [5.41, 5.74) is 0. The van der Waals surface area contributed by atoms with E-state index in [4.69, 9.17) is 9.47 Å². The highest BCUT2D eigenvalue weighted by Gasteiger charge is 2.10. The molecule has 0 fully saturated rings. The first-order valence-corrected chi connectivity index (χ1v) is 10.4. The second-order valence-corrected chi connectivity index (χ2v) is 7.12. The largest absolute Gasteiger partial charge is 0.466 e. The van der Waals surface area contributed by atoms with Gasteiger partial charge in [-0.1, -0.05) is 72.1 Å². The van der Waals surface area contributed by atoms with Crippen LogP contribution in [0.15, 0.2) is 0 Å².